The fraction of sp³-hybridized carbons (Fsp3) is 1.00. The first-order chi connectivity index (χ1) is 9.26. The molecule has 4 heteroatoms. The zero-order chi connectivity index (χ0) is 13.1. The minimum Gasteiger partial charge on any atom is -0.381 e. The molecule has 1 spiro atoms. The third-order valence-corrected chi connectivity index (χ3v) is 4.90. The van der Waals surface area contributed by atoms with E-state index in [9.17, 15) is 0 Å². The van der Waals surface area contributed by atoms with Crippen LogP contribution in [0.4, 0.5) is 0 Å². The van der Waals surface area contributed by atoms with Gasteiger partial charge in [0, 0.05) is 32.3 Å². The second-order valence-electron chi connectivity index (χ2n) is 6.44. The van der Waals surface area contributed by atoms with Crippen LogP contribution in [0.5, 0.6) is 0 Å². The summed E-state index contributed by atoms with van der Waals surface area (Å²) in [5.74, 6) is 0. The maximum Gasteiger partial charge on any atom is 0.0751 e. The van der Waals surface area contributed by atoms with Gasteiger partial charge in [0.2, 0.25) is 0 Å². The average molecular weight is 269 g/mol. The number of hydrogen-bond donors (Lipinski definition) is 1. The van der Waals surface area contributed by atoms with Crippen LogP contribution in [0.2, 0.25) is 0 Å². The normalized spacial score (nSPS) is 39.3. The molecule has 110 valence electrons. The molecule has 3 fully saturated rings. The summed E-state index contributed by atoms with van der Waals surface area (Å²) < 4.78 is 17.9. The molecule has 3 aliphatic rings. The molecule has 1 aliphatic carbocycles. The van der Waals surface area contributed by atoms with E-state index in [4.69, 9.17) is 19.9 Å². The third-order valence-electron chi connectivity index (χ3n) is 4.90. The van der Waals surface area contributed by atoms with Crippen molar-refractivity contribution in [2.45, 2.75) is 75.2 Å². The summed E-state index contributed by atoms with van der Waals surface area (Å²) in [5.41, 5.74) is 6.08. The van der Waals surface area contributed by atoms with Crippen LogP contribution in [0.1, 0.15) is 51.4 Å². The molecule has 0 bridgehead atoms. The van der Waals surface area contributed by atoms with Crippen LogP contribution in [0, 0.1) is 0 Å². The van der Waals surface area contributed by atoms with E-state index >= 15 is 0 Å². The molecule has 19 heavy (non-hydrogen) atoms. The predicted octanol–water partition coefficient (Wildman–Crippen LogP) is 2.00. The molecule has 3 rings (SSSR count). The smallest absolute Gasteiger partial charge is 0.0751 e. The lowest BCUT2D eigenvalue weighted by Gasteiger charge is -2.44. The summed E-state index contributed by atoms with van der Waals surface area (Å²) >= 11 is 0. The highest BCUT2D eigenvalue weighted by Crippen LogP contribution is 2.36. The fourth-order valence-electron chi connectivity index (χ4n) is 3.77. The minimum atomic E-state index is 0.0396. The molecule has 2 N–H and O–H groups in total. The van der Waals surface area contributed by atoms with Crippen molar-refractivity contribution in [1.29, 1.82) is 0 Å². The Kier molecular flexibility index (Phi) is 4.42. The van der Waals surface area contributed by atoms with E-state index in [1.54, 1.807) is 0 Å². The minimum absolute atomic E-state index is 0.0396. The highest BCUT2D eigenvalue weighted by molar-refractivity contribution is 4.90. The fourth-order valence-corrected chi connectivity index (χ4v) is 3.77. The van der Waals surface area contributed by atoms with Gasteiger partial charge in [-0.3, -0.25) is 0 Å². The molecule has 1 saturated carbocycles. The van der Waals surface area contributed by atoms with Crippen LogP contribution in [0.15, 0.2) is 0 Å². The van der Waals surface area contributed by atoms with Gasteiger partial charge in [-0.15, -0.1) is 0 Å². The highest BCUT2D eigenvalue weighted by Gasteiger charge is 2.40. The van der Waals surface area contributed by atoms with Crippen LogP contribution in [-0.4, -0.2) is 43.7 Å². The van der Waals surface area contributed by atoms with Crippen LogP contribution >= 0.6 is 0 Å². The van der Waals surface area contributed by atoms with Crippen LogP contribution in [-0.2, 0) is 14.2 Å². The standard InChI is InChI=1S/C15H27NO3/c16-12-2-1-3-13(10-12)19-14-4-7-18-15(11-14)5-8-17-9-6-15/h12-14H,1-11,16H2. The summed E-state index contributed by atoms with van der Waals surface area (Å²) in [6.45, 7) is 2.51. The van der Waals surface area contributed by atoms with Crippen LogP contribution in [0.25, 0.3) is 0 Å². The topological polar surface area (TPSA) is 53.7 Å². The quantitative estimate of drug-likeness (QED) is 0.833. The van der Waals surface area contributed by atoms with Crippen molar-refractivity contribution in [2.24, 2.45) is 5.73 Å². The number of hydrogen-bond acceptors (Lipinski definition) is 4. The Morgan fingerprint density at radius 3 is 2.63 bits per heavy atom. The summed E-state index contributed by atoms with van der Waals surface area (Å²) in [4.78, 5) is 0. The zero-order valence-electron chi connectivity index (χ0n) is 11.8. The summed E-state index contributed by atoms with van der Waals surface area (Å²) in [6, 6.07) is 0.343. The SMILES string of the molecule is NC1CCCC(OC2CCOC3(CCOCC3)C2)C1. The van der Waals surface area contributed by atoms with Gasteiger partial charge in [-0.05, 0) is 44.9 Å². The van der Waals surface area contributed by atoms with Gasteiger partial charge < -0.3 is 19.9 Å². The Balaban J connectivity index is 1.53. The van der Waals surface area contributed by atoms with Crippen LogP contribution in [0.3, 0.4) is 0 Å². The molecule has 3 atom stereocenters. The Labute approximate surface area is 116 Å². The Morgan fingerprint density at radius 1 is 1.00 bits per heavy atom. The monoisotopic (exact) mass is 269 g/mol. The first-order valence-electron chi connectivity index (χ1n) is 7.89. The van der Waals surface area contributed by atoms with Crippen molar-refractivity contribution in [3.8, 4) is 0 Å². The van der Waals surface area contributed by atoms with Gasteiger partial charge in [0.1, 0.15) is 0 Å². The van der Waals surface area contributed by atoms with Crippen molar-refractivity contribution < 1.29 is 14.2 Å². The average Bonchev–Trinajstić information content (AvgIpc) is 2.40. The summed E-state index contributed by atoms with van der Waals surface area (Å²) in [7, 11) is 0. The molecule has 4 nitrogen and oxygen atoms in total. The second kappa shape index (κ2) is 6.08. The maximum absolute atomic E-state index is 6.33. The van der Waals surface area contributed by atoms with Crippen molar-refractivity contribution in [3.05, 3.63) is 0 Å². The lowest BCUT2D eigenvalue weighted by Crippen LogP contribution is -2.47. The molecule has 0 aromatic heterocycles. The zero-order valence-corrected chi connectivity index (χ0v) is 11.8. The van der Waals surface area contributed by atoms with Gasteiger partial charge in [-0.1, -0.05) is 0 Å². The van der Waals surface area contributed by atoms with E-state index in [0.717, 1.165) is 58.3 Å². The maximum atomic E-state index is 6.33. The van der Waals surface area contributed by atoms with E-state index in [0.29, 0.717) is 18.2 Å². The Bertz CT molecular complexity index is 286. The van der Waals surface area contributed by atoms with E-state index in [2.05, 4.69) is 0 Å². The number of rotatable bonds is 2. The van der Waals surface area contributed by atoms with Gasteiger partial charge in [0.05, 0.1) is 17.8 Å². The molecule has 2 saturated heterocycles. The van der Waals surface area contributed by atoms with Crippen molar-refractivity contribution >= 4 is 0 Å². The van der Waals surface area contributed by atoms with E-state index in [-0.39, 0.29) is 5.60 Å². The van der Waals surface area contributed by atoms with Gasteiger partial charge in [0.25, 0.3) is 0 Å². The van der Waals surface area contributed by atoms with Crippen molar-refractivity contribution in [3.63, 3.8) is 0 Å². The first kappa shape index (κ1) is 13.8. The van der Waals surface area contributed by atoms with Crippen molar-refractivity contribution in [2.75, 3.05) is 19.8 Å². The Morgan fingerprint density at radius 2 is 1.84 bits per heavy atom. The molecule has 0 radical (unpaired) electrons. The molecule has 2 aliphatic heterocycles. The number of nitrogens with two attached hydrogens (primary N) is 1. The molecule has 3 unspecified atom stereocenters. The molecular formula is C15H27NO3. The van der Waals surface area contributed by atoms with Gasteiger partial charge in [0.15, 0.2) is 0 Å². The molecule has 2 heterocycles. The second-order valence-corrected chi connectivity index (χ2v) is 6.44. The lowest BCUT2D eigenvalue weighted by molar-refractivity contribution is -0.180. The third kappa shape index (κ3) is 3.48. The van der Waals surface area contributed by atoms with E-state index in [1.165, 1.54) is 12.8 Å². The van der Waals surface area contributed by atoms with E-state index < -0.39 is 0 Å². The van der Waals surface area contributed by atoms with Crippen molar-refractivity contribution in [1.82, 2.24) is 0 Å². The summed E-state index contributed by atoms with van der Waals surface area (Å²) in [5, 5.41) is 0. The van der Waals surface area contributed by atoms with Crippen LogP contribution < -0.4 is 5.73 Å². The Hall–Kier alpha value is -0.160. The largest absolute Gasteiger partial charge is 0.381 e. The van der Waals surface area contributed by atoms with E-state index in [1.807, 2.05) is 0 Å². The lowest BCUT2D eigenvalue weighted by atomic mass is 9.85. The number of ether oxygens (including phenoxy) is 3. The highest BCUT2D eigenvalue weighted by atomic mass is 16.5. The van der Waals surface area contributed by atoms with Gasteiger partial charge in [-0.2, -0.15) is 0 Å². The molecular weight excluding hydrogens is 242 g/mol. The predicted molar refractivity (Wildman–Crippen MR) is 73.1 cm³/mol. The summed E-state index contributed by atoms with van der Waals surface area (Å²) in [6.07, 6.45) is 9.47. The van der Waals surface area contributed by atoms with Gasteiger partial charge in [-0.25, -0.2) is 0 Å². The molecule has 0 aromatic rings. The first-order valence-corrected chi connectivity index (χ1v) is 7.89. The van der Waals surface area contributed by atoms with Gasteiger partial charge >= 0.3 is 0 Å². The molecule has 0 aromatic carbocycles. The molecule has 0 amide bonds.